The van der Waals surface area contributed by atoms with Crippen LogP contribution in [-0.2, 0) is 17.8 Å². The van der Waals surface area contributed by atoms with Crippen molar-refractivity contribution in [1.82, 2.24) is 24.7 Å². The summed E-state index contributed by atoms with van der Waals surface area (Å²) in [6.45, 7) is 3.81. The number of rotatable bonds is 1. The number of imidazole rings is 1. The van der Waals surface area contributed by atoms with Gasteiger partial charge in [0.15, 0.2) is 0 Å². The third kappa shape index (κ3) is 3.85. The molecule has 2 atom stereocenters. The summed E-state index contributed by atoms with van der Waals surface area (Å²) in [5.74, 6) is 1.09. The van der Waals surface area contributed by atoms with E-state index in [0.717, 1.165) is 51.1 Å². The Bertz CT molecular complexity index is 642. The van der Waals surface area contributed by atoms with Crippen LogP contribution in [0.2, 0.25) is 0 Å². The first-order valence-corrected chi connectivity index (χ1v) is 8.96. The predicted octanol–water partition coefficient (Wildman–Crippen LogP) is 0.955. The highest BCUT2D eigenvalue weighted by atomic mass is 35.5. The van der Waals surface area contributed by atoms with Gasteiger partial charge in [-0.25, -0.2) is 4.98 Å². The lowest BCUT2D eigenvalue weighted by atomic mass is 9.99. The summed E-state index contributed by atoms with van der Waals surface area (Å²) in [6, 6.07) is 0.138. The van der Waals surface area contributed by atoms with Gasteiger partial charge in [0, 0.05) is 58.4 Å². The number of likely N-dealkylation sites (N-methyl/N-ethyl adjacent to an activating group) is 1. The largest absolute Gasteiger partial charge is 0.341 e. The van der Waals surface area contributed by atoms with Gasteiger partial charge in [-0.15, -0.1) is 24.8 Å². The van der Waals surface area contributed by atoms with Crippen LogP contribution in [-0.4, -0.2) is 70.4 Å². The van der Waals surface area contributed by atoms with Gasteiger partial charge in [-0.05, 0) is 12.8 Å². The molecule has 2 saturated heterocycles. The molecule has 146 valence electrons. The SMILES string of the molecule is CN1C(=O)[C@@H]2CCC[C@H]1CN(C(=O)c1cn3c(n1)CCNCC3)C2.Cl.Cl. The first-order chi connectivity index (χ1) is 11.6. The van der Waals surface area contributed by atoms with E-state index in [1.165, 1.54) is 0 Å². The number of halogens is 2. The quantitative estimate of drug-likeness (QED) is 0.757. The molecule has 4 rings (SSSR count). The summed E-state index contributed by atoms with van der Waals surface area (Å²) in [5.41, 5.74) is 0.530. The number of amides is 2. The standard InChI is InChI=1S/C17H25N5O2.2ClH/c1-20-13-4-2-3-12(16(20)23)9-22(10-13)17(24)14-11-21-8-7-18-6-5-15(21)19-14;;/h11-13,18H,2-10H2,1H3;2*1H/t12-,13+;;/m1../s1. The van der Waals surface area contributed by atoms with Gasteiger partial charge in [-0.3, -0.25) is 9.59 Å². The van der Waals surface area contributed by atoms with Gasteiger partial charge in [0.25, 0.3) is 5.91 Å². The summed E-state index contributed by atoms with van der Waals surface area (Å²) in [4.78, 5) is 33.8. The molecule has 0 aliphatic carbocycles. The molecule has 3 aliphatic heterocycles. The molecule has 1 aromatic rings. The van der Waals surface area contributed by atoms with E-state index in [-0.39, 0.29) is 48.6 Å². The van der Waals surface area contributed by atoms with Crippen molar-refractivity contribution in [1.29, 1.82) is 0 Å². The number of aromatic nitrogens is 2. The van der Waals surface area contributed by atoms with Crippen LogP contribution in [0, 0.1) is 5.92 Å². The van der Waals surface area contributed by atoms with Gasteiger partial charge in [-0.1, -0.05) is 6.42 Å². The molecule has 2 amide bonds. The second-order valence-electron chi connectivity index (χ2n) is 7.18. The summed E-state index contributed by atoms with van der Waals surface area (Å²) in [6.07, 6.45) is 5.67. The molecule has 1 aromatic heterocycles. The molecule has 26 heavy (non-hydrogen) atoms. The van der Waals surface area contributed by atoms with E-state index in [0.29, 0.717) is 18.8 Å². The fourth-order valence-corrected chi connectivity index (χ4v) is 4.17. The zero-order valence-electron chi connectivity index (χ0n) is 15.0. The molecule has 2 bridgehead atoms. The minimum Gasteiger partial charge on any atom is -0.341 e. The molecule has 0 saturated carbocycles. The third-order valence-corrected chi connectivity index (χ3v) is 5.63. The van der Waals surface area contributed by atoms with Crippen molar-refractivity contribution in [2.75, 3.05) is 33.2 Å². The second kappa shape index (κ2) is 8.59. The van der Waals surface area contributed by atoms with Crippen LogP contribution in [0.5, 0.6) is 0 Å². The minimum atomic E-state index is -0.0592. The number of fused-ring (bicyclic) bond motifs is 4. The Morgan fingerprint density at radius 2 is 2.04 bits per heavy atom. The molecule has 0 spiro atoms. The highest BCUT2D eigenvalue weighted by molar-refractivity contribution is 5.93. The third-order valence-electron chi connectivity index (χ3n) is 5.63. The lowest BCUT2D eigenvalue weighted by molar-refractivity contribution is -0.134. The number of nitrogens with one attached hydrogen (secondary N) is 1. The fourth-order valence-electron chi connectivity index (χ4n) is 4.17. The number of likely N-dealkylation sites (tertiary alicyclic amines) is 1. The summed E-state index contributed by atoms with van der Waals surface area (Å²) in [5, 5.41) is 3.34. The normalized spacial score (nSPS) is 25.3. The van der Waals surface area contributed by atoms with Gasteiger partial charge in [0.2, 0.25) is 5.91 Å². The van der Waals surface area contributed by atoms with E-state index < -0.39 is 0 Å². The number of hydrogen-bond donors (Lipinski definition) is 1. The summed E-state index contributed by atoms with van der Waals surface area (Å²) in [7, 11) is 1.88. The van der Waals surface area contributed by atoms with E-state index in [4.69, 9.17) is 0 Å². The Hall–Kier alpha value is -1.31. The Kier molecular flexibility index (Phi) is 6.93. The van der Waals surface area contributed by atoms with E-state index in [1.54, 1.807) is 0 Å². The summed E-state index contributed by atoms with van der Waals surface area (Å²) >= 11 is 0. The van der Waals surface area contributed by atoms with Crippen LogP contribution >= 0.6 is 24.8 Å². The van der Waals surface area contributed by atoms with Crippen molar-refractivity contribution < 1.29 is 9.59 Å². The first kappa shape index (κ1) is 21.0. The van der Waals surface area contributed by atoms with Crippen molar-refractivity contribution in [3.8, 4) is 0 Å². The van der Waals surface area contributed by atoms with E-state index in [1.807, 2.05) is 23.0 Å². The van der Waals surface area contributed by atoms with Crippen molar-refractivity contribution in [3.05, 3.63) is 17.7 Å². The average Bonchev–Trinajstić information content (AvgIpc) is 2.68. The Labute approximate surface area is 166 Å². The summed E-state index contributed by atoms with van der Waals surface area (Å²) < 4.78 is 2.09. The lowest BCUT2D eigenvalue weighted by Gasteiger charge is -2.29. The average molecular weight is 404 g/mol. The predicted molar refractivity (Wildman–Crippen MR) is 103 cm³/mol. The molecule has 0 radical (unpaired) electrons. The van der Waals surface area contributed by atoms with E-state index in [2.05, 4.69) is 14.9 Å². The lowest BCUT2D eigenvalue weighted by Crippen LogP contribution is -2.42. The number of carbonyl (C=O) groups is 2. The van der Waals surface area contributed by atoms with Gasteiger partial charge in [-0.2, -0.15) is 0 Å². The number of nitrogens with zero attached hydrogens (tertiary/aromatic N) is 4. The van der Waals surface area contributed by atoms with Crippen LogP contribution in [0.25, 0.3) is 0 Å². The van der Waals surface area contributed by atoms with Crippen molar-refractivity contribution in [2.24, 2.45) is 5.92 Å². The number of hydrogen-bond acceptors (Lipinski definition) is 4. The second-order valence-corrected chi connectivity index (χ2v) is 7.18. The highest BCUT2D eigenvalue weighted by Gasteiger charge is 2.38. The molecule has 9 heteroatoms. The Morgan fingerprint density at radius 3 is 2.85 bits per heavy atom. The Balaban J connectivity index is 0.00000121. The molecule has 7 nitrogen and oxygen atoms in total. The maximum absolute atomic E-state index is 13.0. The van der Waals surface area contributed by atoms with Crippen LogP contribution in [0.4, 0.5) is 0 Å². The van der Waals surface area contributed by atoms with Crippen molar-refractivity contribution in [2.45, 2.75) is 38.3 Å². The zero-order valence-corrected chi connectivity index (χ0v) is 16.7. The molecular formula is C17H27Cl2N5O2. The molecule has 3 aliphatic rings. The Morgan fingerprint density at radius 1 is 1.23 bits per heavy atom. The monoisotopic (exact) mass is 403 g/mol. The van der Waals surface area contributed by atoms with Crippen LogP contribution in [0.1, 0.15) is 35.6 Å². The fraction of sp³-hybridized carbons (Fsp3) is 0.706. The highest BCUT2D eigenvalue weighted by Crippen LogP contribution is 2.27. The van der Waals surface area contributed by atoms with Crippen LogP contribution in [0.3, 0.4) is 0 Å². The van der Waals surface area contributed by atoms with E-state index >= 15 is 0 Å². The van der Waals surface area contributed by atoms with Crippen LogP contribution in [0.15, 0.2) is 6.20 Å². The zero-order chi connectivity index (χ0) is 16.7. The molecule has 4 heterocycles. The first-order valence-electron chi connectivity index (χ1n) is 8.96. The van der Waals surface area contributed by atoms with E-state index in [9.17, 15) is 9.59 Å². The van der Waals surface area contributed by atoms with Crippen molar-refractivity contribution >= 4 is 36.6 Å². The maximum Gasteiger partial charge on any atom is 0.274 e. The van der Waals surface area contributed by atoms with Gasteiger partial charge < -0.3 is 19.7 Å². The smallest absolute Gasteiger partial charge is 0.274 e. The molecule has 0 aromatic carbocycles. The topological polar surface area (TPSA) is 70.5 Å². The maximum atomic E-state index is 13.0. The molecular weight excluding hydrogens is 377 g/mol. The molecule has 1 N–H and O–H groups in total. The molecule has 2 fully saturated rings. The van der Waals surface area contributed by atoms with Gasteiger partial charge >= 0.3 is 0 Å². The molecule has 0 unspecified atom stereocenters. The van der Waals surface area contributed by atoms with Crippen molar-refractivity contribution in [3.63, 3.8) is 0 Å². The minimum absolute atomic E-state index is 0. The van der Waals surface area contributed by atoms with Gasteiger partial charge in [0.1, 0.15) is 11.5 Å². The number of carbonyl (C=O) groups excluding carboxylic acids is 2. The van der Waals surface area contributed by atoms with Gasteiger partial charge in [0.05, 0.1) is 5.92 Å². The van der Waals surface area contributed by atoms with Crippen LogP contribution < -0.4 is 5.32 Å².